The Morgan fingerprint density at radius 3 is 2.65 bits per heavy atom. The van der Waals surface area contributed by atoms with Gasteiger partial charge in [0, 0.05) is 30.5 Å². The molecule has 124 valence electrons. The fourth-order valence-electron chi connectivity index (χ4n) is 3.28. The monoisotopic (exact) mass is 316 g/mol. The van der Waals surface area contributed by atoms with E-state index in [-0.39, 0.29) is 5.91 Å². The first kappa shape index (κ1) is 15.9. The van der Waals surface area contributed by atoms with Crippen molar-refractivity contribution in [2.45, 2.75) is 27.3 Å². The quantitative estimate of drug-likeness (QED) is 0.871. The Bertz CT molecular complexity index is 715. The number of morpholine rings is 1. The van der Waals surface area contributed by atoms with Gasteiger partial charge in [0.25, 0.3) is 5.91 Å². The summed E-state index contributed by atoms with van der Waals surface area (Å²) in [5.74, 6) is 0.948. The summed E-state index contributed by atoms with van der Waals surface area (Å²) in [5.41, 5.74) is 2.91. The number of rotatable bonds is 4. The minimum atomic E-state index is 0.0989. The molecule has 1 aliphatic heterocycles. The zero-order valence-electron chi connectivity index (χ0n) is 14.1. The standard InChI is InChI=1S/C18H24N2O3/c1-4-20-16-7-6-14(23-5-2)12-15(16)13(3)17(20)18(21)19-8-10-22-11-9-19/h6-7,12H,4-5,8-11H2,1-3H3. The molecule has 1 aliphatic rings. The first-order valence-corrected chi connectivity index (χ1v) is 8.30. The number of ether oxygens (including phenoxy) is 2. The van der Waals surface area contributed by atoms with Crippen molar-refractivity contribution in [1.82, 2.24) is 9.47 Å². The first-order valence-electron chi connectivity index (χ1n) is 8.30. The number of fused-ring (bicyclic) bond motifs is 1. The fraction of sp³-hybridized carbons (Fsp3) is 0.500. The molecule has 2 heterocycles. The van der Waals surface area contributed by atoms with Crippen molar-refractivity contribution in [3.05, 3.63) is 29.5 Å². The van der Waals surface area contributed by atoms with Crippen molar-refractivity contribution >= 4 is 16.8 Å². The molecular weight excluding hydrogens is 292 g/mol. The molecule has 0 N–H and O–H groups in total. The number of amides is 1. The van der Waals surface area contributed by atoms with Crippen LogP contribution < -0.4 is 4.74 Å². The molecule has 0 atom stereocenters. The maximum Gasteiger partial charge on any atom is 0.270 e. The number of aryl methyl sites for hydroxylation is 2. The van der Waals surface area contributed by atoms with Crippen LogP contribution in [-0.4, -0.2) is 48.3 Å². The number of nitrogens with zero attached hydrogens (tertiary/aromatic N) is 2. The van der Waals surface area contributed by atoms with Gasteiger partial charge in [-0.3, -0.25) is 4.79 Å². The van der Waals surface area contributed by atoms with Crippen molar-refractivity contribution in [3.8, 4) is 5.75 Å². The number of carbonyl (C=O) groups is 1. The lowest BCUT2D eigenvalue weighted by atomic mass is 10.1. The minimum Gasteiger partial charge on any atom is -0.494 e. The van der Waals surface area contributed by atoms with Gasteiger partial charge in [-0.1, -0.05) is 0 Å². The van der Waals surface area contributed by atoms with Gasteiger partial charge in [0.1, 0.15) is 11.4 Å². The van der Waals surface area contributed by atoms with E-state index in [0.717, 1.165) is 34.5 Å². The third kappa shape index (κ3) is 2.81. The highest BCUT2D eigenvalue weighted by molar-refractivity contribution is 6.02. The molecule has 1 saturated heterocycles. The van der Waals surface area contributed by atoms with E-state index in [2.05, 4.69) is 11.5 Å². The van der Waals surface area contributed by atoms with E-state index >= 15 is 0 Å². The zero-order valence-corrected chi connectivity index (χ0v) is 14.1. The number of benzene rings is 1. The zero-order chi connectivity index (χ0) is 16.4. The molecule has 0 spiro atoms. The van der Waals surface area contributed by atoms with Crippen molar-refractivity contribution in [1.29, 1.82) is 0 Å². The van der Waals surface area contributed by atoms with Gasteiger partial charge in [0.05, 0.1) is 19.8 Å². The molecule has 3 rings (SSSR count). The van der Waals surface area contributed by atoms with Gasteiger partial charge >= 0.3 is 0 Å². The normalized spacial score (nSPS) is 15.2. The highest BCUT2D eigenvalue weighted by atomic mass is 16.5. The SMILES string of the molecule is CCOc1ccc2c(c1)c(C)c(C(=O)N1CCOCC1)n2CC. The fourth-order valence-corrected chi connectivity index (χ4v) is 3.28. The van der Waals surface area contributed by atoms with Gasteiger partial charge < -0.3 is 18.9 Å². The highest BCUT2D eigenvalue weighted by Gasteiger charge is 2.25. The molecular formula is C18H24N2O3. The largest absolute Gasteiger partial charge is 0.494 e. The first-order chi connectivity index (χ1) is 11.2. The number of hydrogen-bond donors (Lipinski definition) is 0. The molecule has 1 fully saturated rings. The van der Waals surface area contributed by atoms with Gasteiger partial charge in [-0.25, -0.2) is 0 Å². The molecule has 2 aromatic rings. The van der Waals surface area contributed by atoms with E-state index in [9.17, 15) is 4.79 Å². The molecule has 1 amide bonds. The van der Waals surface area contributed by atoms with E-state index < -0.39 is 0 Å². The predicted octanol–water partition coefficient (Wildman–Crippen LogP) is 2.84. The van der Waals surface area contributed by atoms with Crippen molar-refractivity contribution in [2.75, 3.05) is 32.9 Å². The molecule has 0 unspecified atom stereocenters. The summed E-state index contributed by atoms with van der Waals surface area (Å²) < 4.78 is 13.1. The van der Waals surface area contributed by atoms with Gasteiger partial charge in [-0.05, 0) is 44.5 Å². The topological polar surface area (TPSA) is 43.7 Å². The summed E-state index contributed by atoms with van der Waals surface area (Å²) >= 11 is 0. The Hall–Kier alpha value is -2.01. The second-order valence-electron chi connectivity index (χ2n) is 5.73. The lowest BCUT2D eigenvalue weighted by Gasteiger charge is -2.27. The Labute approximate surface area is 136 Å². The third-order valence-electron chi connectivity index (χ3n) is 4.42. The maximum absolute atomic E-state index is 13.0. The van der Waals surface area contributed by atoms with Crippen LogP contribution in [-0.2, 0) is 11.3 Å². The van der Waals surface area contributed by atoms with Crippen LogP contribution >= 0.6 is 0 Å². The van der Waals surface area contributed by atoms with Crippen LogP contribution in [0.25, 0.3) is 10.9 Å². The third-order valence-corrected chi connectivity index (χ3v) is 4.42. The Morgan fingerprint density at radius 1 is 1.26 bits per heavy atom. The molecule has 1 aromatic heterocycles. The van der Waals surface area contributed by atoms with Crippen molar-refractivity contribution < 1.29 is 14.3 Å². The molecule has 0 radical (unpaired) electrons. The van der Waals surface area contributed by atoms with Crippen LogP contribution in [0.3, 0.4) is 0 Å². The van der Waals surface area contributed by atoms with Gasteiger partial charge in [0.2, 0.25) is 0 Å². The van der Waals surface area contributed by atoms with E-state index in [1.807, 2.05) is 36.9 Å². The number of hydrogen-bond acceptors (Lipinski definition) is 3. The summed E-state index contributed by atoms with van der Waals surface area (Å²) in [6.45, 7) is 10.0. The van der Waals surface area contributed by atoms with Crippen molar-refractivity contribution in [2.24, 2.45) is 0 Å². The van der Waals surface area contributed by atoms with Gasteiger partial charge in [-0.2, -0.15) is 0 Å². The maximum atomic E-state index is 13.0. The number of aromatic nitrogens is 1. The van der Waals surface area contributed by atoms with E-state index in [1.54, 1.807) is 0 Å². The van der Waals surface area contributed by atoms with Crippen LogP contribution in [0.5, 0.6) is 5.75 Å². The molecule has 1 aromatic carbocycles. The molecule has 5 nitrogen and oxygen atoms in total. The summed E-state index contributed by atoms with van der Waals surface area (Å²) in [6, 6.07) is 6.06. The van der Waals surface area contributed by atoms with Crippen LogP contribution in [0.15, 0.2) is 18.2 Å². The lowest BCUT2D eigenvalue weighted by molar-refractivity contribution is 0.0296. The van der Waals surface area contributed by atoms with Crippen LogP contribution in [0.4, 0.5) is 0 Å². The molecule has 0 saturated carbocycles. The van der Waals surface area contributed by atoms with Crippen molar-refractivity contribution in [3.63, 3.8) is 0 Å². The average Bonchev–Trinajstić information content (AvgIpc) is 2.87. The smallest absolute Gasteiger partial charge is 0.270 e. The predicted molar refractivity (Wildman–Crippen MR) is 90.2 cm³/mol. The van der Waals surface area contributed by atoms with E-state index in [4.69, 9.17) is 9.47 Å². The molecule has 0 bridgehead atoms. The summed E-state index contributed by atoms with van der Waals surface area (Å²) in [7, 11) is 0. The molecule has 23 heavy (non-hydrogen) atoms. The minimum absolute atomic E-state index is 0.0989. The molecule has 5 heteroatoms. The van der Waals surface area contributed by atoms with Gasteiger partial charge in [0.15, 0.2) is 0 Å². The Balaban J connectivity index is 2.08. The van der Waals surface area contributed by atoms with Gasteiger partial charge in [-0.15, -0.1) is 0 Å². The summed E-state index contributed by atoms with van der Waals surface area (Å²) in [4.78, 5) is 14.9. The molecule has 0 aliphatic carbocycles. The van der Waals surface area contributed by atoms with E-state index in [1.165, 1.54) is 0 Å². The van der Waals surface area contributed by atoms with Crippen LogP contribution in [0.2, 0.25) is 0 Å². The second-order valence-corrected chi connectivity index (χ2v) is 5.73. The lowest BCUT2D eigenvalue weighted by Crippen LogP contribution is -2.41. The average molecular weight is 316 g/mol. The number of carbonyl (C=O) groups excluding carboxylic acids is 1. The van der Waals surface area contributed by atoms with Crippen LogP contribution in [0.1, 0.15) is 29.9 Å². The highest BCUT2D eigenvalue weighted by Crippen LogP contribution is 2.30. The second kappa shape index (κ2) is 6.62. The van der Waals surface area contributed by atoms with Crippen LogP contribution in [0, 0.1) is 6.92 Å². The summed E-state index contributed by atoms with van der Waals surface area (Å²) in [6.07, 6.45) is 0. The van der Waals surface area contributed by atoms with E-state index in [0.29, 0.717) is 32.9 Å². The Morgan fingerprint density at radius 2 is 2.00 bits per heavy atom. The summed E-state index contributed by atoms with van der Waals surface area (Å²) in [5, 5.41) is 1.09. The Kier molecular flexibility index (Phi) is 4.57.